The van der Waals surface area contributed by atoms with Crippen LogP contribution in [0.4, 0.5) is 14.7 Å². The summed E-state index contributed by atoms with van der Waals surface area (Å²) in [5.41, 5.74) is 0.825. The summed E-state index contributed by atoms with van der Waals surface area (Å²) in [7, 11) is -7.22. The number of hydrogen-bond donors (Lipinski definition) is 2. The van der Waals surface area contributed by atoms with E-state index in [1.807, 2.05) is 0 Å². The number of rotatable bonds is 8. The standard InChI is InChI=1S/C27H29F2N7O5S2/c1-16-3-5-20(43(30,40)41)12-21(16)23-6-4-17(13-31-23)15-36-25-18(11-22(24(28)29)26(36)37)14-32-27(34-25)33-19-7-9-35(10-8-19)42(2,38)39/h3-6,11-14,19,24H,7-10,15H2,1-2H3,(H2,30,40,41)(H,32,33,34). The maximum Gasteiger partial charge on any atom is 0.269 e. The Kier molecular flexibility index (Phi) is 8.30. The summed E-state index contributed by atoms with van der Waals surface area (Å²) in [5.74, 6) is 0.182. The molecule has 4 heterocycles. The van der Waals surface area contributed by atoms with Crippen LogP contribution in [0.2, 0.25) is 0 Å². The van der Waals surface area contributed by atoms with Crippen LogP contribution in [-0.4, -0.2) is 66.0 Å². The second kappa shape index (κ2) is 11.7. The molecule has 43 heavy (non-hydrogen) atoms. The van der Waals surface area contributed by atoms with Gasteiger partial charge in [0.25, 0.3) is 12.0 Å². The van der Waals surface area contributed by atoms with E-state index in [0.717, 1.165) is 22.5 Å². The number of fused-ring (bicyclic) bond motifs is 1. The summed E-state index contributed by atoms with van der Waals surface area (Å²) in [6.07, 6.45) is 2.01. The lowest BCUT2D eigenvalue weighted by atomic mass is 10.0. The van der Waals surface area contributed by atoms with E-state index in [-0.39, 0.29) is 34.5 Å². The zero-order valence-corrected chi connectivity index (χ0v) is 24.9. The molecule has 1 aliphatic rings. The largest absolute Gasteiger partial charge is 0.351 e. The van der Waals surface area contributed by atoms with Crippen LogP contribution in [0.3, 0.4) is 0 Å². The van der Waals surface area contributed by atoms with Crippen molar-refractivity contribution in [2.24, 2.45) is 5.14 Å². The van der Waals surface area contributed by atoms with Crippen molar-refractivity contribution in [2.45, 2.75) is 43.7 Å². The molecule has 4 aromatic rings. The Morgan fingerprint density at radius 1 is 1.05 bits per heavy atom. The van der Waals surface area contributed by atoms with Crippen molar-refractivity contribution >= 4 is 37.0 Å². The van der Waals surface area contributed by atoms with E-state index >= 15 is 0 Å². The van der Waals surface area contributed by atoms with E-state index in [0.29, 0.717) is 42.8 Å². The number of aromatic nitrogens is 4. The highest BCUT2D eigenvalue weighted by Crippen LogP contribution is 2.26. The maximum atomic E-state index is 13.8. The number of alkyl halides is 2. The number of nitrogens with one attached hydrogen (secondary N) is 1. The number of piperidine rings is 1. The first-order valence-corrected chi connectivity index (χ1v) is 16.6. The lowest BCUT2D eigenvalue weighted by Crippen LogP contribution is -2.42. The van der Waals surface area contributed by atoms with Crippen molar-refractivity contribution in [2.75, 3.05) is 24.7 Å². The lowest BCUT2D eigenvalue weighted by molar-refractivity contribution is 0.149. The highest BCUT2D eigenvalue weighted by molar-refractivity contribution is 7.89. The number of benzene rings is 1. The Morgan fingerprint density at radius 3 is 2.37 bits per heavy atom. The van der Waals surface area contributed by atoms with Crippen LogP contribution in [0.5, 0.6) is 0 Å². The van der Waals surface area contributed by atoms with Gasteiger partial charge in [0.2, 0.25) is 26.0 Å². The maximum absolute atomic E-state index is 13.8. The molecule has 1 aliphatic heterocycles. The summed E-state index contributed by atoms with van der Waals surface area (Å²) in [5, 5.41) is 8.68. The number of sulfonamides is 2. The van der Waals surface area contributed by atoms with Gasteiger partial charge in [0.1, 0.15) is 5.65 Å². The Hall–Kier alpha value is -3.86. The van der Waals surface area contributed by atoms with Gasteiger partial charge in [-0.1, -0.05) is 12.1 Å². The van der Waals surface area contributed by atoms with Gasteiger partial charge in [-0.05, 0) is 55.2 Å². The SMILES string of the molecule is Cc1ccc(S(N)(=O)=O)cc1-c1ccc(Cn2c(=O)c(C(F)F)cc3cnc(NC4CCN(S(C)(=O)=O)CC4)nc32)cn1. The van der Waals surface area contributed by atoms with Crippen molar-refractivity contribution in [3.63, 3.8) is 0 Å². The molecular formula is C27H29F2N7O5S2. The number of nitrogens with two attached hydrogens (primary N) is 1. The minimum Gasteiger partial charge on any atom is -0.351 e. The summed E-state index contributed by atoms with van der Waals surface area (Å²) in [4.78, 5) is 26.3. The second-order valence-corrected chi connectivity index (χ2v) is 14.0. The molecule has 3 aromatic heterocycles. The molecule has 16 heteroatoms. The number of nitrogens with zero attached hydrogens (tertiary/aromatic N) is 5. The van der Waals surface area contributed by atoms with Gasteiger partial charge < -0.3 is 5.32 Å². The van der Waals surface area contributed by atoms with Crippen molar-refractivity contribution in [1.82, 2.24) is 23.8 Å². The third kappa shape index (κ3) is 6.71. The molecule has 0 radical (unpaired) electrons. The molecule has 12 nitrogen and oxygen atoms in total. The normalized spacial score (nSPS) is 15.3. The van der Waals surface area contributed by atoms with Gasteiger partial charge >= 0.3 is 0 Å². The van der Waals surface area contributed by atoms with Crippen molar-refractivity contribution < 1.29 is 25.6 Å². The van der Waals surface area contributed by atoms with Crippen LogP contribution in [0, 0.1) is 6.92 Å². The van der Waals surface area contributed by atoms with Crippen molar-refractivity contribution in [3.05, 3.63) is 75.8 Å². The molecule has 0 amide bonds. The topological polar surface area (TPSA) is 170 Å². The Balaban J connectivity index is 1.46. The summed E-state index contributed by atoms with van der Waals surface area (Å²) in [6.45, 7) is 2.34. The summed E-state index contributed by atoms with van der Waals surface area (Å²) >= 11 is 0. The number of anilines is 1. The van der Waals surface area contributed by atoms with Crippen LogP contribution in [0.1, 0.15) is 36.0 Å². The molecule has 0 saturated carbocycles. The molecule has 0 bridgehead atoms. The van der Waals surface area contributed by atoms with Crippen LogP contribution >= 0.6 is 0 Å². The molecule has 1 aromatic carbocycles. The number of pyridine rings is 2. The van der Waals surface area contributed by atoms with Gasteiger partial charge in [0.15, 0.2) is 0 Å². The third-order valence-electron chi connectivity index (χ3n) is 7.32. The van der Waals surface area contributed by atoms with Gasteiger partial charge in [-0.15, -0.1) is 0 Å². The van der Waals surface area contributed by atoms with Gasteiger partial charge in [-0.2, -0.15) is 4.98 Å². The Bertz CT molecular complexity index is 1960. The van der Waals surface area contributed by atoms with Crippen LogP contribution in [0.15, 0.2) is 58.5 Å². The monoisotopic (exact) mass is 633 g/mol. The van der Waals surface area contributed by atoms with Gasteiger partial charge in [-0.3, -0.25) is 14.3 Å². The van der Waals surface area contributed by atoms with Crippen LogP contribution in [0.25, 0.3) is 22.3 Å². The molecule has 228 valence electrons. The average Bonchev–Trinajstić information content (AvgIpc) is 2.94. The van der Waals surface area contributed by atoms with Crippen LogP contribution < -0.4 is 16.0 Å². The molecule has 5 rings (SSSR count). The summed E-state index contributed by atoms with van der Waals surface area (Å²) in [6, 6.07) is 8.70. The highest BCUT2D eigenvalue weighted by Gasteiger charge is 2.26. The number of halogens is 2. The summed E-state index contributed by atoms with van der Waals surface area (Å²) < 4.78 is 77.4. The molecule has 0 spiro atoms. The minimum atomic E-state index is -3.93. The van der Waals surface area contributed by atoms with E-state index < -0.39 is 37.6 Å². The van der Waals surface area contributed by atoms with Crippen molar-refractivity contribution in [3.8, 4) is 11.3 Å². The number of primary sulfonamides is 1. The van der Waals surface area contributed by atoms with E-state index in [1.54, 1.807) is 25.1 Å². The first-order valence-electron chi connectivity index (χ1n) is 13.2. The first-order chi connectivity index (χ1) is 20.2. The third-order valence-corrected chi connectivity index (χ3v) is 9.54. The molecule has 3 N–H and O–H groups in total. The lowest BCUT2D eigenvalue weighted by Gasteiger charge is -2.30. The predicted molar refractivity (Wildman–Crippen MR) is 157 cm³/mol. The molecule has 0 atom stereocenters. The smallest absolute Gasteiger partial charge is 0.269 e. The molecule has 0 unspecified atom stereocenters. The number of aryl methyl sites for hydroxylation is 1. The Labute approximate surface area is 246 Å². The fourth-order valence-electron chi connectivity index (χ4n) is 4.98. The first kappa shape index (κ1) is 30.6. The van der Waals surface area contributed by atoms with Crippen LogP contribution in [-0.2, 0) is 26.6 Å². The predicted octanol–water partition coefficient (Wildman–Crippen LogP) is 2.63. The number of hydrogen-bond acceptors (Lipinski definition) is 9. The minimum absolute atomic E-state index is 0.0640. The average molecular weight is 634 g/mol. The fourth-order valence-corrected chi connectivity index (χ4v) is 6.40. The fraction of sp³-hybridized carbons (Fsp3) is 0.333. The molecule has 1 fully saturated rings. The van der Waals surface area contributed by atoms with E-state index in [4.69, 9.17) is 5.14 Å². The van der Waals surface area contributed by atoms with E-state index in [1.165, 1.54) is 28.8 Å². The molecule has 1 saturated heterocycles. The molecular weight excluding hydrogens is 604 g/mol. The zero-order valence-electron chi connectivity index (χ0n) is 23.2. The van der Waals surface area contributed by atoms with E-state index in [9.17, 15) is 30.4 Å². The quantitative estimate of drug-likeness (QED) is 0.296. The van der Waals surface area contributed by atoms with Gasteiger partial charge in [0, 0.05) is 42.5 Å². The van der Waals surface area contributed by atoms with Gasteiger partial charge in [-0.25, -0.2) is 40.0 Å². The zero-order chi connectivity index (χ0) is 31.1. The highest BCUT2D eigenvalue weighted by atomic mass is 32.2. The molecule has 0 aliphatic carbocycles. The van der Waals surface area contributed by atoms with Gasteiger partial charge in [0.05, 0.1) is 29.0 Å². The second-order valence-electron chi connectivity index (χ2n) is 10.4. The van der Waals surface area contributed by atoms with Crippen molar-refractivity contribution in [1.29, 1.82) is 0 Å². The Morgan fingerprint density at radius 2 is 1.77 bits per heavy atom. The van der Waals surface area contributed by atoms with E-state index in [2.05, 4.69) is 20.3 Å².